The second-order valence-corrected chi connectivity index (χ2v) is 5.29. The normalized spacial score (nSPS) is 13.3. The zero-order valence-corrected chi connectivity index (χ0v) is 13.2. The van der Waals surface area contributed by atoms with Gasteiger partial charge in [-0.25, -0.2) is 0 Å². The molecule has 0 aliphatic heterocycles. The van der Waals surface area contributed by atoms with Crippen molar-refractivity contribution in [3.8, 4) is 0 Å². The highest BCUT2D eigenvalue weighted by atomic mass is 16.2. The van der Waals surface area contributed by atoms with Crippen LogP contribution in [0.1, 0.15) is 45.7 Å². The van der Waals surface area contributed by atoms with Crippen molar-refractivity contribution in [2.24, 2.45) is 0 Å². The van der Waals surface area contributed by atoms with Crippen molar-refractivity contribution in [3.63, 3.8) is 0 Å². The highest BCUT2D eigenvalue weighted by Crippen LogP contribution is 2.17. The third-order valence-corrected chi connectivity index (χ3v) is 3.30. The van der Waals surface area contributed by atoms with Gasteiger partial charge in [0.25, 0.3) is 0 Å². The first-order valence-electron chi connectivity index (χ1n) is 7.32. The van der Waals surface area contributed by atoms with Crippen molar-refractivity contribution in [2.75, 3.05) is 11.9 Å². The zero-order valence-electron chi connectivity index (χ0n) is 13.2. The monoisotopic (exact) mass is 291 g/mol. The quantitative estimate of drug-likeness (QED) is 0.721. The maximum atomic E-state index is 11.7. The number of carbonyl (C=O) groups excluding carboxylic acids is 2. The van der Waals surface area contributed by atoms with E-state index >= 15 is 0 Å². The topological polar surface area (TPSA) is 70.2 Å². The Morgan fingerprint density at radius 1 is 1.24 bits per heavy atom. The number of carbonyl (C=O) groups is 2. The van der Waals surface area contributed by atoms with E-state index in [0.717, 1.165) is 17.7 Å². The van der Waals surface area contributed by atoms with Crippen LogP contribution in [0.3, 0.4) is 0 Å². The Hall–Kier alpha value is -1.88. The summed E-state index contributed by atoms with van der Waals surface area (Å²) in [5.74, 6) is -0.102. The van der Waals surface area contributed by atoms with Crippen LogP contribution < -0.4 is 16.0 Å². The van der Waals surface area contributed by atoms with Crippen molar-refractivity contribution < 1.29 is 9.59 Å². The summed E-state index contributed by atoms with van der Waals surface area (Å²) in [6.45, 7) is 7.76. The summed E-state index contributed by atoms with van der Waals surface area (Å²) in [6, 6.07) is 7.83. The van der Waals surface area contributed by atoms with Gasteiger partial charge >= 0.3 is 0 Å². The van der Waals surface area contributed by atoms with Crippen molar-refractivity contribution in [2.45, 2.75) is 46.2 Å². The number of hydrogen-bond donors (Lipinski definition) is 3. The molecule has 1 rings (SSSR count). The fraction of sp³-hybridized carbons (Fsp3) is 0.500. The summed E-state index contributed by atoms with van der Waals surface area (Å²) in [5, 5.41) is 8.85. The Bertz CT molecular complexity index is 488. The molecule has 0 spiro atoms. The molecule has 3 N–H and O–H groups in total. The Morgan fingerprint density at radius 2 is 1.95 bits per heavy atom. The molecule has 0 radical (unpaired) electrons. The lowest BCUT2D eigenvalue weighted by Crippen LogP contribution is -2.39. The molecule has 21 heavy (non-hydrogen) atoms. The Kier molecular flexibility index (Phi) is 6.88. The second kappa shape index (κ2) is 8.42. The van der Waals surface area contributed by atoms with E-state index in [-0.39, 0.29) is 30.4 Å². The van der Waals surface area contributed by atoms with Crippen LogP contribution in [0.25, 0.3) is 0 Å². The summed E-state index contributed by atoms with van der Waals surface area (Å²) in [7, 11) is 0. The molecule has 0 saturated heterocycles. The average Bonchev–Trinajstić information content (AvgIpc) is 2.44. The van der Waals surface area contributed by atoms with Gasteiger partial charge in [0.15, 0.2) is 0 Å². The number of anilines is 1. The van der Waals surface area contributed by atoms with Gasteiger partial charge in [-0.1, -0.05) is 19.1 Å². The summed E-state index contributed by atoms with van der Waals surface area (Å²) in [6.07, 6.45) is 0.917. The van der Waals surface area contributed by atoms with Crippen molar-refractivity contribution in [1.82, 2.24) is 10.6 Å². The van der Waals surface area contributed by atoms with Crippen LogP contribution in [0.15, 0.2) is 24.3 Å². The lowest BCUT2D eigenvalue weighted by Gasteiger charge is -2.17. The standard InChI is InChI=1S/C16H25N3O2/c1-5-11(2)18-16(21)10-17-12(3)14-7-6-8-15(9-14)19-13(4)20/h6-9,11-12,17H,5,10H2,1-4H3,(H,18,21)(H,19,20). The van der Waals surface area contributed by atoms with Crippen molar-refractivity contribution in [3.05, 3.63) is 29.8 Å². The SMILES string of the molecule is CCC(C)NC(=O)CNC(C)c1cccc(NC(C)=O)c1. The minimum absolute atomic E-state index is 0.00536. The number of rotatable bonds is 7. The highest BCUT2D eigenvalue weighted by molar-refractivity contribution is 5.88. The minimum Gasteiger partial charge on any atom is -0.353 e. The molecule has 5 heteroatoms. The smallest absolute Gasteiger partial charge is 0.234 e. The van der Waals surface area contributed by atoms with E-state index in [1.165, 1.54) is 6.92 Å². The minimum atomic E-state index is -0.0966. The zero-order chi connectivity index (χ0) is 15.8. The molecule has 0 bridgehead atoms. The fourth-order valence-electron chi connectivity index (χ4n) is 1.88. The average molecular weight is 291 g/mol. The highest BCUT2D eigenvalue weighted by Gasteiger charge is 2.10. The molecule has 0 aliphatic rings. The second-order valence-electron chi connectivity index (χ2n) is 5.29. The van der Waals surface area contributed by atoms with Crippen LogP contribution in [0.5, 0.6) is 0 Å². The van der Waals surface area contributed by atoms with Gasteiger partial charge in [0.2, 0.25) is 11.8 Å². The Labute approximate surface area is 126 Å². The number of benzene rings is 1. The van der Waals surface area contributed by atoms with Crippen molar-refractivity contribution in [1.29, 1.82) is 0 Å². The van der Waals surface area contributed by atoms with Gasteiger partial charge in [0.05, 0.1) is 6.54 Å². The number of amides is 2. The Morgan fingerprint density at radius 3 is 2.57 bits per heavy atom. The first-order valence-corrected chi connectivity index (χ1v) is 7.32. The maximum Gasteiger partial charge on any atom is 0.234 e. The molecule has 0 fully saturated rings. The molecular formula is C16H25N3O2. The first kappa shape index (κ1) is 17.2. The molecule has 116 valence electrons. The molecule has 2 atom stereocenters. The van der Waals surface area contributed by atoms with Crippen LogP contribution in [-0.4, -0.2) is 24.4 Å². The molecule has 0 saturated carbocycles. The molecular weight excluding hydrogens is 266 g/mol. The van der Waals surface area contributed by atoms with Crippen LogP contribution in [-0.2, 0) is 9.59 Å². The number of hydrogen-bond acceptors (Lipinski definition) is 3. The van der Waals surface area contributed by atoms with E-state index in [1.807, 2.05) is 45.0 Å². The van der Waals surface area contributed by atoms with Gasteiger partial charge in [-0.3, -0.25) is 9.59 Å². The molecule has 2 amide bonds. The van der Waals surface area contributed by atoms with Gasteiger partial charge < -0.3 is 16.0 Å². The maximum absolute atomic E-state index is 11.7. The van der Waals surface area contributed by atoms with Gasteiger partial charge in [-0.2, -0.15) is 0 Å². The lowest BCUT2D eigenvalue weighted by molar-refractivity contribution is -0.121. The molecule has 5 nitrogen and oxygen atoms in total. The van der Waals surface area contributed by atoms with Crippen molar-refractivity contribution >= 4 is 17.5 Å². The number of nitrogens with one attached hydrogen (secondary N) is 3. The van der Waals surface area contributed by atoms with Crippen LogP contribution in [0.4, 0.5) is 5.69 Å². The van der Waals surface area contributed by atoms with Crippen LogP contribution in [0, 0.1) is 0 Å². The van der Waals surface area contributed by atoms with Gasteiger partial charge in [0.1, 0.15) is 0 Å². The largest absolute Gasteiger partial charge is 0.353 e. The van der Waals surface area contributed by atoms with E-state index < -0.39 is 0 Å². The van der Waals surface area contributed by atoms with E-state index in [0.29, 0.717) is 0 Å². The van der Waals surface area contributed by atoms with Gasteiger partial charge in [-0.15, -0.1) is 0 Å². The third kappa shape index (κ3) is 6.40. The molecule has 0 heterocycles. The van der Waals surface area contributed by atoms with E-state index in [2.05, 4.69) is 16.0 Å². The lowest BCUT2D eigenvalue weighted by atomic mass is 10.1. The summed E-state index contributed by atoms with van der Waals surface area (Å²) >= 11 is 0. The third-order valence-electron chi connectivity index (χ3n) is 3.30. The van der Waals surface area contributed by atoms with Crippen LogP contribution >= 0.6 is 0 Å². The molecule has 1 aromatic carbocycles. The van der Waals surface area contributed by atoms with E-state index in [1.54, 1.807) is 0 Å². The predicted molar refractivity (Wildman–Crippen MR) is 85.1 cm³/mol. The summed E-state index contributed by atoms with van der Waals surface area (Å²) in [4.78, 5) is 22.8. The Balaban J connectivity index is 2.53. The predicted octanol–water partition coefficient (Wildman–Crippen LogP) is 2.21. The molecule has 0 aromatic heterocycles. The first-order chi connectivity index (χ1) is 9.92. The summed E-state index contributed by atoms with van der Waals surface area (Å²) < 4.78 is 0. The molecule has 0 aliphatic carbocycles. The molecule has 2 unspecified atom stereocenters. The van der Waals surface area contributed by atoms with Gasteiger partial charge in [-0.05, 0) is 38.0 Å². The fourth-order valence-corrected chi connectivity index (χ4v) is 1.88. The van der Waals surface area contributed by atoms with Crippen LogP contribution in [0.2, 0.25) is 0 Å². The summed E-state index contributed by atoms with van der Waals surface area (Å²) in [5.41, 5.74) is 1.79. The molecule has 1 aromatic rings. The van der Waals surface area contributed by atoms with E-state index in [4.69, 9.17) is 0 Å². The van der Waals surface area contributed by atoms with E-state index in [9.17, 15) is 9.59 Å². The van der Waals surface area contributed by atoms with Gasteiger partial charge in [0, 0.05) is 24.7 Å².